The van der Waals surface area contributed by atoms with Gasteiger partial charge in [0.1, 0.15) is 0 Å². The maximum Gasteiger partial charge on any atom is 0.312 e. The molecule has 4 rings (SSSR count). The third kappa shape index (κ3) is 4.75. The van der Waals surface area contributed by atoms with Gasteiger partial charge < -0.3 is 14.4 Å². The molecule has 1 aliphatic carbocycles. The van der Waals surface area contributed by atoms with Crippen LogP contribution in [0, 0.1) is 5.41 Å². The average molecular weight is 434 g/mol. The number of hydrogen-bond donors (Lipinski definition) is 0. The summed E-state index contributed by atoms with van der Waals surface area (Å²) in [4.78, 5) is 30.4. The van der Waals surface area contributed by atoms with Crippen molar-refractivity contribution in [3.63, 3.8) is 0 Å². The van der Waals surface area contributed by atoms with Gasteiger partial charge in [0.2, 0.25) is 0 Å². The molecule has 2 aliphatic heterocycles. The summed E-state index contributed by atoms with van der Waals surface area (Å²) in [7, 11) is 0. The Kier molecular flexibility index (Phi) is 7.14. The van der Waals surface area contributed by atoms with Crippen LogP contribution in [0.4, 0.5) is 0 Å². The smallest absolute Gasteiger partial charge is 0.312 e. The number of thiophene rings is 1. The molecule has 0 spiro atoms. The molecule has 0 unspecified atom stereocenters. The molecule has 1 atom stereocenters. The molecule has 1 amide bonds. The van der Waals surface area contributed by atoms with Gasteiger partial charge in [0.25, 0.3) is 5.91 Å². The molecule has 2 saturated heterocycles. The molecule has 166 valence electrons. The number of hydrogen-bond acceptors (Lipinski definition) is 5. The lowest BCUT2D eigenvalue weighted by molar-refractivity contribution is -0.162. The fraction of sp³-hybridized carbons (Fsp3) is 0.750. The van der Waals surface area contributed by atoms with E-state index in [1.54, 1.807) is 11.3 Å². The molecule has 0 radical (unpaired) electrons. The number of amides is 1. The van der Waals surface area contributed by atoms with Gasteiger partial charge in [-0.25, -0.2) is 0 Å². The van der Waals surface area contributed by atoms with Gasteiger partial charge in [-0.1, -0.05) is 6.42 Å². The number of aryl methyl sites for hydroxylation is 2. The summed E-state index contributed by atoms with van der Waals surface area (Å²) in [6.45, 7) is 4.29. The fourth-order valence-electron chi connectivity index (χ4n) is 5.25. The van der Waals surface area contributed by atoms with E-state index in [1.165, 1.54) is 29.7 Å². The zero-order valence-corrected chi connectivity index (χ0v) is 19.1. The summed E-state index contributed by atoms with van der Waals surface area (Å²) >= 11 is 1.69. The summed E-state index contributed by atoms with van der Waals surface area (Å²) in [6, 6.07) is 2.14. The lowest BCUT2D eigenvalue weighted by atomic mass is 9.73. The minimum Gasteiger partial charge on any atom is -0.466 e. The number of carbonyl (C=O) groups is 2. The second kappa shape index (κ2) is 9.82. The molecule has 2 fully saturated rings. The van der Waals surface area contributed by atoms with Crippen LogP contribution >= 0.6 is 11.3 Å². The van der Waals surface area contributed by atoms with E-state index in [-0.39, 0.29) is 18.0 Å². The summed E-state index contributed by atoms with van der Waals surface area (Å²) < 4.78 is 11.4. The van der Waals surface area contributed by atoms with Crippen LogP contribution in [0.1, 0.15) is 84.8 Å². The lowest BCUT2D eigenvalue weighted by Crippen LogP contribution is -2.48. The van der Waals surface area contributed by atoms with Crippen LogP contribution in [-0.2, 0) is 27.1 Å². The van der Waals surface area contributed by atoms with Crippen molar-refractivity contribution in [3.8, 4) is 0 Å². The molecule has 30 heavy (non-hydrogen) atoms. The summed E-state index contributed by atoms with van der Waals surface area (Å²) in [5, 5.41) is 0. The largest absolute Gasteiger partial charge is 0.466 e. The molecule has 0 saturated carbocycles. The normalized spacial score (nSPS) is 24.0. The molecule has 3 aliphatic rings. The predicted octanol–water partition coefficient (Wildman–Crippen LogP) is 4.76. The summed E-state index contributed by atoms with van der Waals surface area (Å²) in [6.07, 6.45) is 11.5. The Labute approximate surface area is 184 Å². The second-order valence-corrected chi connectivity index (χ2v) is 10.2. The van der Waals surface area contributed by atoms with Crippen LogP contribution in [0.3, 0.4) is 0 Å². The number of fused-ring (bicyclic) bond motifs is 1. The van der Waals surface area contributed by atoms with Crippen LogP contribution in [0.25, 0.3) is 0 Å². The van der Waals surface area contributed by atoms with E-state index in [4.69, 9.17) is 9.47 Å². The van der Waals surface area contributed by atoms with Gasteiger partial charge in [0.05, 0.1) is 23.0 Å². The van der Waals surface area contributed by atoms with Crippen LogP contribution in [0.5, 0.6) is 0 Å². The van der Waals surface area contributed by atoms with Crippen LogP contribution in [0.2, 0.25) is 0 Å². The molecule has 5 nitrogen and oxygen atoms in total. The van der Waals surface area contributed by atoms with E-state index >= 15 is 0 Å². The molecular weight excluding hydrogens is 398 g/mol. The van der Waals surface area contributed by atoms with E-state index in [1.807, 2.05) is 11.8 Å². The van der Waals surface area contributed by atoms with Crippen molar-refractivity contribution in [1.82, 2.24) is 4.90 Å². The van der Waals surface area contributed by atoms with Gasteiger partial charge >= 0.3 is 5.97 Å². The Morgan fingerprint density at radius 3 is 2.70 bits per heavy atom. The van der Waals surface area contributed by atoms with E-state index in [0.717, 1.165) is 50.0 Å². The number of rotatable bonds is 5. The zero-order chi connectivity index (χ0) is 21.0. The standard InChI is InChI=1S/C24H35NO4S/c1-2-28-23(27)24(17-19-9-6-7-15-29-19)11-13-25(14-12-24)22(26)21-16-18-8-4-3-5-10-20(18)30-21/h16,19H,2-15,17H2,1H3/t19-/m0/s1. The van der Waals surface area contributed by atoms with Gasteiger partial charge in [0, 0.05) is 24.6 Å². The molecule has 1 aromatic rings. The van der Waals surface area contributed by atoms with Gasteiger partial charge in [0.15, 0.2) is 0 Å². The Morgan fingerprint density at radius 2 is 1.97 bits per heavy atom. The van der Waals surface area contributed by atoms with Crippen LogP contribution < -0.4 is 0 Å². The monoisotopic (exact) mass is 433 g/mol. The number of ether oxygens (including phenoxy) is 2. The van der Waals surface area contributed by atoms with E-state index in [2.05, 4.69) is 6.07 Å². The van der Waals surface area contributed by atoms with Gasteiger partial charge in [-0.3, -0.25) is 9.59 Å². The Morgan fingerprint density at radius 1 is 1.17 bits per heavy atom. The first-order chi connectivity index (χ1) is 14.6. The summed E-state index contributed by atoms with van der Waals surface area (Å²) in [5.41, 5.74) is 0.870. The fourth-order valence-corrected chi connectivity index (χ4v) is 6.47. The van der Waals surface area contributed by atoms with Gasteiger partial charge in [-0.15, -0.1) is 11.3 Å². The van der Waals surface area contributed by atoms with Crippen molar-refractivity contribution in [3.05, 3.63) is 21.4 Å². The number of likely N-dealkylation sites (tertiary alicyclic amines) is 1. The van der Waals surface area contributed by atoms with Crippen LogP contribution in [-0.4, -0.2) is 49.2 Å². The highest BCUT2D eigenvalue weighted by Gasteiger charge is 2.45. The van der Waals surface area contributed by atoms with Gasteiger partial charge in [-0.2, -0.15) is 0 Å². The lowest BCUT2D eigenvalue weighted by Gasteiger charge is -2.42. The van der Waals surface area contributed by atoms with Crippen molar-refractivity contribution in [2.24, 2.45) is 5.41 Å². The summed E-state index contributed by atoms with van der Waals surface area (Å²) in [5.74, 6) is 0.0357. The Hall–Kier alpha value is -1.40. The molecule has 1 aromatic heterocycles. The maximum atomic E-state index is 13.2. The zero-order valence-electron chi connectivity index (χ0n) is 18.2. The first-order valence-corrected chi connectivity index (χ1v) is 12.6. The first-order valence-electron chi connectivity index (χ1n) is 11.8. The van der Waals surface area contributed by atoms with Crippen molar-refractivity contribution in [2.75, 3.05) is 26.3 Å². The third-order valence-corrected chi connectivity index (χ3v) is 8.29. The highest BCUT2D eigenvalue weighted by Crippen LogP contribution is 2.40. The molecule has 6 heteroatoms. The topological polar surface area (TPSA) is 55.8 Å². The first kappa shape index (κ1) is 21.8. The van der Waals surface area contributed by atoms with E-state index in [9.17, 15) is 9.59 Å². The predicted molar refractivity (Wildman–Crippen MR) is 118 cm³/mol. The molecule has 0 bridgehead atoms. The minimum absolute atomic E-state index is 0.103. The highest BCUT2D eigenvalue weighted by atomic mass is 32.1. The van der Waals surface area contributed by atoms with Crippen LogP contribution in [0.15, 0.2) is 6.07 Å². The molecular formula is C24H35NO4S. The third-order valence-electron chi connectivity index (χ3n) is 7.07. The second-order valence-electron chi connectivity index (χ2n) is 9.11. The average Bonchev–Trinajstić information content (AvgIpc) is 3.05. The van der Waals surface area contributed by atoms with Crippen molar-refractivity contribution >= 4 is 23.2 Å². The minimum atomic E-state index is -0.512. The number of esters is 1. The van der Waals surface area contributed by atoms with Crippen molar-refractivity contribution in [2.45, 2.75) is 83.7 Å². The quantitative estimate of drug-likeness (QED) is 0.496. The number of carbonyl (C=O) groups excluding carboxylic acids is 2. The molecule has 3 heterocycles. The molecule has 0 aromatic carbocycles. The number of piperidine rings is 1. The number of nitrogens with zero attached hydrogens (tertiary/aromatic N) is 1. The van der Waals surface area contributed by atoms with E-state index < -0.39 is 5.41 Å². The van der Waals surface area contributed by atoms with Crippen molar-refractivity contribution in [1.29, 1.82) is 0 Å². The Bertz CT molecular complexity index is 721. The SMILES string of the molecule is CCOC(=O)C1(C[C@@H]2CCCCO2)CCN(C(=O)c2cc3c(s2)CCCCC3)CC1. The highest BCUT2D eigenvalue weighted by molar-refractivity contribution is 7.14. The van der Waals surface area contributed by atoms with Gasteiger partial charge in [-0.05, 0) is 82.8 Å². The Balaban J connectivity index is 1.43. The maximum absolute atomic E-state index is 13.2. The molecule has 0 N–H and O–H groups in total. The van der Waals surface area contributed by atoms with Crippen molar-refractivity contribution < 1.29 is 19.1 Å². The van der Waals surface area contributed by atoms with E-state index in [0.29, 0.717) is 32.5 Å².